The van der Waals surface area contributed by atoms with Crippen molar-refractivity contribution < 1.29 is 4.74 Å². The van der Waals surface area contributed by atoms with Crippen molar-refractivity contribution in [3.05, 3.63) is 58.6 Å². The van der Waals surface area contributed by atoms with Crippen molar-refractivity contribution in [2.45, 2.75) is 13.0 Å². The van der Waals surface area contributed by atoms with Gasteiger partial charge in [0.25, 0.3) is 0 Å². The number of hydrogen-bond acceptors (Lipinski definition) is 2. The van der Waals surface area contributed by atoms with Crippen LogP contribution in [-0.4, -0.2) is 0 Å². The van der Waals surface area contributed by atoms with Gasteiger partial charge in [0.15, 0.2) is 0 Å². The molecule has 0 saturated heterocycles. The molecule has 0 spiro atoms. The second-order valence-corrected chi connectivity index (χ2v) is 4.74. The Bertz CT molecular complexity index is 494. The average molecular weight is 292 g/mol. The smallest absolute Gasteiger partial charge is 0.141 e. The van der Waals surface area contributed by atoms with Crippen LogP contribution in [0.15, 0.2) is 53.0 Å². The maximum absolute atomic E-state index is 5.79. The molecule has 0 bridgehead atoms. The molecule has 1 unspecified atom stereocenters. The van der Waals surface area contributed by atoms with Crippen LogP contribution in [0.5, 0.6) is 11.5 Å². The van der Waals surface area contributed by atoms with Crippen LogP contribution in [-0.2, 0) is 0 Å². The quantitative estimate of drug-likeness (QED) is 0.917. The number of nitrogens with two attached hydrogens (primary N) is 1. The number of halogens is 1. The average Bonchev–Trinajstić information content (AvgIpc) is 2.33. The summed E-state index contributed by atoms with van der Waals surface area (Å²) in [7, 11) is 0. The van der Waals surface area contributed by atoms with E-state index in [2.05, 4.69) is 15.9 Å². The van der Waals surface area contributed by atoms with Gasteiger partial charge in [0, 0.05) is 6.04 Å². The first-order valence-electron chi connectivity index (χ1n) is 5.45. The Morgan fingerprint density at radius 1 is 1.06 bits per heavy atom. The first-order chi connectivity index (χ1) is 8.16. The molecule has 0 aliphatic heterocycles. The zero-order valence-corrected chi connectivity index (χ0v) is 11.1. The van der Waals surface area contributed by atoms with Crippen LogP contribution in [0.1, 0.15) is 18.5 Å². The summed E-state index contributed by atoms with van der Waals surface area (Å²) in [5.74, 6) is 1.61. The molecule has 3 heteroatoms. The number of rotatable bonds is 3. The summed E-state index contributed by atoms with van der Waals surface area (Å²) in [5, 5.41) is 0. The van der Waals surface area contributed by atoms with Gasteiger partial charge >= 0.3 is 0 Å². The first-order valence-corrected chi connectivity index (χ1v) is 6.24. The van der Waals surface area contributed by atoms with E-state index in [1.165, 1.54) is 0 Å². The summed E-state index contributed by atoms with van der Waals surface area (Å²) >= 11 is 3.45. The minimum atomic E-state index is 0.0486. The molecule has 0 amide bonds. The summed E-state index contributed by atoms with van der Waals surface area (Å²) < 4.78 is 6.70. The van der Waals surface area contributed by atoms with E-state index in [9.17, 15) is 0 Å². The van der Waals surface area contributed by atoms with Crippen molar-refractivity contribution >= 4 is 15.9 Å². The molecular formula is C14H14BrNO. The molecule has 0 saturated carbocycles. The number of benzene rings is 2. The van der Waals surface area contributed by atoms with Crippen molar-refractivity contribution in [2.75, 3.05) is 0 Å². The normalized spacial score (nSPS) is 12.2. The Hall–Kier alpha value is -1.32. The predicted molar refractivity (Wildman–Crippen MR) is 73.3 cm³/mol. The van der Waals surface area contributed by atoms with Gasteiger partial charge in [0.2, 0.25) is 0 Å². The highest BCUT2D eigenvalue weighted by molar-refractivity contribution is 9.10. The molecule has 2 rings (SSSR count). The van der Waals surface area contributed by atoms with Gasteiger partial charge in [-0.05, 0) is 52.7 Å². The van der Waals surface area contributed by atoms with Crippen LogP contribution < -0.4 is 10.5 Å². The Balaban J connectivity index is 2.17. The maximum Gasteiger partial charge on any atom is 0.141 e. The van der Waals surface area contributed by atoms with Crippen LogP contribution in [0.4, 0.5) is 0 Å². The topological polar surface area (TPSA) is 35.2 Å². The molecule has 1 atom stereocenters. The summed E-state index contributed by atoms with van der Waals surface area (Å²) in [6, 6.07) is 15.6. The molecule has 88 valence electrons. The van der Waals surface area contributed by atoms with Crippen LogP contribution in [0.25, 0.3) is 0 Å². The zero-order chi connectivity index (χ0) is 12.3. The van der Waals surface area contributed by atoms with Gasteiger partial charge in [-0.1, -0.05) is 24.3 Å². The lowest BCUT2D eigenvalue weighted by atomic mass is 10.1. The van der Waals surface area contributed by atoms with E-state index < -0.39 is 0 Å². The lowest BCUT2D eigenvalue weighted by molar-refractivity contribution is 0.479. The molecule has 0 radical (unpaired) electrons. The highest BCUT2D eigenvalue weighted by Crippen LogP contribution is 2.29. The number of hydrogen-bond donors (Lipinski definition) is 1. The second-order valence-electron chi connectivity index (χ2n) is 3.89. The van der Waals surface area contributed by atoms with Gasteiger partial charge in [-0.15, -0.1) is 0 Å². The number of ether oxygens (including phenoxy) is 1. The van der Waals surface area contributed by atoms with Crippen molar-refractivity contribution in [2.24, 2.45) is 5.73 Å². The van der Waals surface area contributed by atoms with Gasteiger partial charge < -0.3 is 10.5 Å². The fourth-order valence-corrected chi connectivity index (χ4v) is 1.86. The summed E-state index contributed by atoms with van der Waals surface area (Å²) in [4.78, 5) is 0. The van der Waals surface area contributed by atoms with E-state index in [-0.39, 0.29) is 6.04 Å². The highest BCUT2D eigenvalue weighted by atomic mass is 79.9. The van der Waals surface area contributed by atoms with Crippen LogP contribution in [0.3, 0.4) is 0 Å². The van der Waals surface area contributed by atoms with E-state index in [1.807, 2.05) is 55.5 Å². The Morgan fingerprint density at radius 3 is 2.29 bits per heavy atom. The fourth-order valence-electron chi connectivity index (χ4n) is 1.49. The van der Waals surface area contributed by atoms with Crippen LogP contribution >= 0.6 is 15.9 Å². The highest BCUT2D eigenvalue weighted by Gasteiger charge is 2.03. The lowest BCUT2D eigenvalue weighted by Gasteiger charge is -2.09. The lowest BCUT2D eigenvalue weighted by Crippen LogP contribution is -2.04. The molecule has 0 aliphatic rings. The van der Waals surface area contributed by atoms with Gasteiger partial charge in [0.05, 0.1) is 4.47 Å². The third kappa shape index (κ3) is 3.08. The largest absolute Gasteiger partial charge is 0.456 e. The van der Waals surface area contributed by atoms with E-state index >= 15 is 0 Å². The Labute approximate surface area is 110 Å². The molecule has 0 heterocycles. The zero-order valence-electron chi connectivity index (χ0n) is 9.56. The van der Waals surface area contributed by atoms with Crippen LogP contribution in [0.2, 0.25) is 0 Å². The van der Waals surface area contributed by atoms with Gasteiger partial charge in [-0.3, -0.25) is 0 Å². The fraction of sp³-hybridized carbons (Fsp3) is 0.143. The first kappa shape index (κ1) is 12.1. The third-order valence-electron chi connectivity index (χ3n) is 2.47. The molecule has 0 fully saturated rings. The predicted octanol–water partition coefficient (Wildman–Crippen LogP) is 4.26. The van der Waals surface area contributed by atoms with E-state index in [4.69, 9.17) is 10.5 Å². The Kier molecular flexibility index (Phi) is 3.82. The molecule has 2 aromatic carbocycles. The van der Waals surface area contributed by atoms with Crippen molar-refractivity contribution in [1.82, 2.24) is 0 Å². The second kappa shape index (κ2) is 5.34. The third-order valence-corrected chi connectivity index (χ3v) is 3.13. The minimum absolute atomic E-state index is 0.0486. The van der Waals surface area contributed by atoms with Gasteiger partial charge in [-0.25, -0.2) is 0 Å². The SMILES string of the molecule is CC(N)c1ccc(Oc2ccccc2Br)cc1. The summed E-state index contributed by atoms with van der Waals surface area (Å²) in [6.45, 7) is 1.96. The molecular weight excluding hydrogens is 278 g/mol. The van der Waals surface area contributed by atoms with Gasteiger partial charge in [0.1, 0.15) is 11.5 Å². The van der Waals surface area contributed by atoms with E-state index in [1.54, 1.807) is 0 Å². The maximum atomic E-state index is 5.79. The number of para-hydroxylation sites is 1. The monoisotopic (exact) mass is 291 g/mol. The molecule has 0 aliphatic carbocycles. The molecule has 2 N–H and O–H groups in total. The van der Waals surface area contributed by atoms with E-state index in [0.717, 1.165) is 21.5 Å². The molecule has 2 nitrogen and oxygen atoms in total. The van der Waals surface area contributed by atoms with Gasteiger partial charge in [-0.2, -0.15) is 0 Å². The minimum Gasteiger partial charge on any atom is -0.456 e. The molecule has 2 aromatic rings. The van der Waals surface area contributed by atoms with Crippen molar-refractivity contribution in [3.63, 3.8) is 0 Å². The molecule has 0 aromatic heterocycles. The standard InChI is InChI=1S/C14H14BrNO/c1-10(16)11-6-8-12(9-7-11)17-14-5-3-2-4-13(14)15/h2-10H,16H2,1H3. The summed E-state index contributed by atoms with van der Waals surface area (Å²) in [5.41, 5.74) is 6.89. The molecule has 17 heavy (non-hydrogen) atoms. The van der Waals surface area contributed by atoms with E-state index in [0.29, 0.717) is 0 Å². The summed E-state index contributed by atoms with van der Waals surface area (Å²) in [6.07, 6.45) is 0. The Morgan fingerprint density at radius 2 is 1.71 bits per heavy atom. The van der Waals surface area contributed by atoms with Crippen LogP contribution in [0, 0.1) is 0 Å². The van der Waals surface area contributed by atoms with Crippen molar-refractivity contribution in [3.8, 4) is 11.5 Å². The van der Waals surface area contributed by atoms with Crippen molar-refractivity contribution in [1.29, 1.82) is 0 Å².